The number of nitrogens with zero attached hydrogens (tertiary/aromatic N) is 2. The lowest BCUT2D eigenvalue weighted by Gasteiger charge is -2.19. The Balaban J connectivity index is 1.82. The second kappa shape index (κ2) is 6.70. The van der Waals surface area contributed by atoms with Crippen LogP contribution in [0.5, 0.6) is 0 Å². The largest absolute Gasteiger partial charge is 0.442 e. The summed E-state index contributed by atoms with van der Waals surface area (Å²) in [5.41, 5.74) is 1.24. The van der Waals surface area contributed by atoms with Gasteiger partial charge in [0.1, 0.15) is 11.9 Å². The van der Waals surface area contributed by atoms with Gasteiger partial charge in [0.2, 0.25) is 11.8 Å². The molecule has 0 spiro atoms. The molecule has 0 radical (unpaired) electrons. The first-order valence-electron chi connectivity index (χ1n) is 8.26. The quantitative estimate of drug-likeness (QED) is 0.875. The molecule has 1 aromatic rings. The van der Waals surface area contributed by atoms with Crippen LogP contribution >= 0.6 is 0 Å². The fraction of sp³-hybridized carbons (Fsp3) is 0.471. The molecule has 2 heterocycles. The van der Waals surface area contributed by atoms with Crippen LogP contribution in [0.15, 0.2) is 12.1 Å². The summed E-state index contributed by atoms with van der Waals surface area (Å²) in [6.07, 6.45) is -0.233. The van der Waals surface area contributed by atoms with Crippen LogP contribution in [-0.4, -0.2) is 43.6 Å². The number of halogens is 1. The number of carbonyl (C=O) groups excluding carboxylic acids is 3. The Labute approximate surface area is 144 Å². The molecule has 7 nitrogen and oxygen atoms in total. The van der Waals surface area contributed by atoms with E-state index in [9.17, 15) is 18.8 Å². The van der Waals surface area contributed by atoms with Crippen LogP contribution in [0.2, 0.25) is 0 Å². The van der Waals surface area contributed by atoms with E-state index in [4.69, 9.17) is 4.74 Å². The zero-order valence-electron chi connectivity index (χ0n) is 14.2. The van der Waals surface area contributed by atoms with E-state index in [0.29, 0.717) is 23.5 Å². The number of amides is 3. The van der Waals surface area contributed by atoms with Crippen molar-refractivity contribution in [1.29, 1.82) is 0 Å². The van der Waals surface area contributed by atoms with Crippen LogP contribution in [0.4, 0.5) is 20.6 Å². The van der Waals surface area contributed by atoms with E-state index in [-0.39, 0.29) is 31.3 Å². The third-order valence-corrected chi connectivity index (χ3v) is 4.25. The monoisotopic (exact) mass is 349 g/mol. The van der Waals surface area contributed by atoms with Gasteiger partial charge in [0.25, 0.3) is 0 Å². The molecule has 0 bridgehead atoms. The van der Waals surface area contributed by atoms with Crippen molar-refractivity contribution in [3.05, 3.63) is 23.5 Å². The van der Waals surface area contributed by atoms with Crippen molar-refractivity contribution < 1.29 is 23.5 Å². The number of fused-ring (bicyclic) bond motifs is 1. The van der Waals surface area contributed by atoms with Crippen molar-refractivity contribution in [3.8, 4) is 0 Å². The Morgan fingerprint density at radius 3 is 2.84 bits per heavy atom. The van der Waals surface area contributed by atoms with Crippen molar-refractivity contribution in [2.45, 2.75) is 32.8 Å². The Morgan fingerprint density at radius 1 is 1.40 bits per heavy atom. The number of nitrogens with one attached hydrogen (secondary N) is 1. The van der Waals surface area contributed by atoms with Crippen molar-refractivity contribution >= 4 is 29.3 Å². The molecule has 1 atom stereocenters. The zero-order chi connectivity index (χ0) is 18.1. The number of benzene rings is 1. The number of ether oxygens (including phenoxy) is 1. The molecule has 8 heteroatoms. The molecule has 2 aliphatic heterocycles. The lowest BCUT2D eigenvalue weighted by molar-refractivity contribution is -0.119. The molecule has 25 heavy (non-hydrogen) atoms. The van der Waals surface area contributed by atoms with Crippen molar-refractivity contribution in [2.75, 3.05) is 29.4 Å². The topological polar surface area (TPSA) is 79.0 Å². The summed E-state index contributed by atoms with van der Waals surface area (Å²) in [6, 6.07) is 2.91. The summed E-state index contributed by atoms with van der Waals surface area (Å²) in [5.74, 6) is -0.877. The van der Waals surface area contributed by atoms with Gasteiger partial charge in [0.15, 0.2) is 0 Å². The van der Waals surface area contributed by atoms with E-state index >= 15 is 0 Å². The fourth-order valence-electron chi connectivity index (χ4n) is 3.17. The van der Waals surface area contributed by atoms with Gasteiger partial charge in [0.05, 0.1) is 30.9 Å². The lowest BCUT2D eigenvalue weighted by atomic mass is 10.1. The molecule has 1 N–H and O–H groups in total. The van der Waals surface area contributed by atoms with Crippen LogP contribution in [-0.2, 0) is 20.7 Å². The van der Waals surface area contributed by atoms with Gasteiger partial charge in [0, 0.05) is 13.5 Å². The zero-order valence-corrected chi connectivity index (χ0v) is 14.2. The molecule has 0 unspecified atom stereocenters. The fourth-order valence-corrected chi connectivity index (χ4v) is 3.17. The first kappa shape index (κ1) is 17.2. The SMILES string of the molecule is CCCN1C(=O)Cc2cc(N3C[C@H](CNC(C)=O)OC3=O)cc(F)c21. The van der Waals surface area contributed by atoms with Gasteiger partial charge in [-0.2, -0.15) is 0 Å². The van der Waals surface area contributed by atoms with Gasteiger partial charge in [-0.3, -0.25) is 14.5 Å². The van der Waals surface area contributed by atoms with Crippen LogP contribution in [0, 0.1) is 5.82 Å². The first-order chi connectivity index (χ1) is 11.9. The highest BCUT2D eigenvalue weighted by atomic mass is 19.1. The third-order valence-electron chi connectivity index (χ3n) is 4.25. The van der Waals surface area contributed by atoms with Crippen molar-refractivity contribution in [2.24, 2.45) is 0 Å². The molecule has 2 aliphatic rings. The number of rotatable bonds is 5. The summed E-state index contributed by atoms with van der Waals surface area (Å²) in [7, 11) is 0. The van der Waals surface area contributed by atoms with E-state index in [2.05, 4.69) is 5.32 Å². The van der Waals surface area contributed by atoms with Gasteiger partial charge in [-0.05, 0) is 24.1 Å². The maximum atomic E-state index is 14.6. The summed E-state index contributed by atoms with van der Waals surface area (Å²) < 4.78 is 19.8. The summed E-state index contributed by atoms with van der Waals surface area (Å²) in [5, 5.41) is 2.59. The molecule has 3 rings (SSSR count). The number of hydrogen-bond donors (Lipinski definition) is 1. The lowest BCUT2D eigenvalue weighted by Crippen LogP contribution is -2.33. The summed E-state index contributed by atoms with van der Waals surface area (Å²) in [4.78, 5) is 37.9. The normalized spacial score (nSPS) is 19.2. The number of cyclic esters (lactones) is 1. The second-order valence-corrected chi connectivity index (χ2v) is 6.21. The molecule has 3 amide bonds. The highest BCUT2D eigenvalue weighted by molar-refractivity contribution is 6.02. The van der Waals surface area contributed by atoms with Crippen LogP contribution in [0.25, 0.3) is 0 Å². The predicted molar refractivity (Wildman–Crippen MR) is 89.0 cm³/mol. The summed E-state index contributed by atoms with van der Waals surface area (Å²) in [6.45, 7) is 4.18. The van der Waals surface area contributed by atoms with Crippen LogP contribution in [0.1, 0.15) is 25.8 Å². The van der Waals surface area contributed by atoms with Gasteiger partial charge in [-0.25, -0.2) is 9.18 Å². The van der Waals surface area contributed by atoms with Gasteiger partial charge in [-0.1, -0.05) is 6.92 Å². The Kier molecular flexibility index (Phi) is 4.61. The van der Waals surface area contributed by atoms with E-state index in [1.54, 1.807) is 6.07 Å². The minimum Gasteiger partial charge on any atom is -0.442 e. The van der Waals surface area contributed by atoms with Crippen molar-refractivity contribution in [3.63, 3.8) is 0 Å². The highest BCUT2D eigenvalue weighted by Gasteiger charge is 2.35. The van der Waals surface area contributed by atoms with E-state index in [1.807, 2.05) is 6.92 Å². The van der Waals surface area contributed by atoms with E-state index < -0.39 is 18.0 Å². The molecular formula is C17H20FN3O4. The van der Waals surface area contributed by atoms with Gasteiger partial charge < -0.3 is 15.0 Å². The average molecular weight is 349 g/mol. The van der Waals surface area contributed by atoms with Crippen LogP contribution in [0.3, 0.4) is 0 Å². The smallest absolute Gasteiger partial charge is 0.414 e. The molecule has 1 fully saturated rings. The minimum atomic E-state index is -0.593. The standard InChI is InChI=1S/C17H20FN3O4/c1-3-4-20-15(23)6-11-5-12(7-14(18)16(11)20)21-9-13(25-17(21)24)8-19-10(2)22/h5,7,13H,3-4,6,8-9H2,1-2H3,(H,19,22)/t13-/m0/s1. The maximum absolute atomic E-state index is 14.6. The molecule has 0 aliphatic carbocycles. The average Bonchev–Trinajstić information content (AvgIpc) is 3.06. The van der Waals surface area contributed by atoms with Crippen molar-refractivity contribution in [1.82, 2.24) is 5.32 Å². The third kappa shape index (κ3) is 3.29. The predicted octanol–water partition coefficient (Wildman–Crippen LogP) is 1.59. The molecule has 134 valence electrons. The number of hydrogen-bond acceptors (Lipinski definition) is 4. The molecule has 1 saturated heterocycles. The molecule has 0 saturated carbocycles. The van der Waals surface area contributed by atoms with Gasteiger partial charge in [-0.15, -0.1) is 0 Å². The Morgan fingerprint density at radius 2 is 2.16 bits per heavy atom. The van der Waals surface area contributed by atoms with E-state index in [1.165, 1.54) is 22.8 Å². The molecule has 1 aromatic carbocycles. The number of anilines is 2. The van der Waals surface area contributed by atoms with Gasteiger partial charge >= 0.3 is 6.09 Å². The first-order valence-corrected chi connectivity index (χ1v) is 8.26. The highest BCUT2D eigenvalue weighted by Crippen LogP contribution is 2.36. The summed E-state index contributed by atoms with van der Waals surface area (Å²) >= 11 is 0. The van der Waals surface area contributed by atoms with Crippen LogP contribution < -0.4 is 15.1 Å². The van der Waals surface area contributed by atoms with E-state index in [0.717, 1.165) is 6.42 Å². The number of carbonyl (C=O) groups is 3. The Bertz CT molecular complexity index is 737. The Hall–Kier alpha value is -2.64. The maximum Gasteiger partial charge on any atom is 0.414 e. The molecular weight excluding hydrogens is 329 g/mol. The minimum absolute atomic E-state index is 0.123. The second-order valence-electron chi connectivity index (χ2n) is 6.21. The molecule has 0 aromatic heterocycles.